The summed E-state index contributed by atoms with van der Waals surface area (Å²) in [5.41, 5.74) is 0.415. The first-order chi connectivity index (χ1) is 10.5. The average Bonchev–Trinajstić information content (AvgIpc) is 2.62. The van der Waals surface area contributed by atoms with Gasteiger partial charge in [0.2, 0.25) is 6.54 Å². The Bertz CT molecular complexity index is 523. The number of hydrogen-bond donors (Lipinski definition) is 0. The third-order valence-electron chi connectivity index (χ3n) is 5.14. The van der Waals surface area contributed by atoms with Gasteiger partial charge in [0.1, 0.15) is 5.60 Å². The van der Waals surface area contributed by atoms with E-state index in [-0.39, 0.29) is 28.8 Å². The molecule has 0 N–H and O–H groups in total. The monoisotopic (exact) mass is 323 g/mol. The van der Waals surface area contributed by atoms with Gasteiger partial charge in [-0.15, -0.1) is 0 Å². The maximum Gasteiger partial charge on any atom is 0.303 e. The molecule has 2 aliphatic carbocycles. The van der Waals surface area contributed by atoms with Gasteiger partial charge in [0.25, 0.3) is 0 Å². The summed E-state index contributed by atoms with van der Waals surface area (Å²) in [6.07, 6.45) is 5.86. The summed E-state index contributed by atoms with van der Waals surface area (Å²) in [6.45, 7) is 9.48. The summed E-state index contributed by atoms with van der Waals surface area (Å²) in [5, 5.41) is 11.2. The molecule has 1 saturated carbocycles. The minimum absolute atomic E-state index is 0.0374. The zero-order valence-corrected chi connectivity index (χ0v) is 14.9. The van der Waals surface area contributed by atoms with Gasteiger partial charge in [-0.05, 0) is 57.3 Å². The van der Waals surface area contributed by atoms with E-state index in [1.807, 2.05) is 13.8 Å². The summed E-state index contributed by atoms with van der Waals surface area (Å²) in [6, 6.07) is 0. The molecule has 5 nitrogen and oxygen atoms in total. The molecule has 0 aromatic heterocycles. The molecule has 3 atom stereocenters. The number of rotatable bonds is 7. The standard InChI is InChI=1S/C18H29NO4/c1-12(2)6-14-7-15-9-18(11-19(21)22,16(15)8-14)10-17(4,5)23-13(3)20/h8,12,15-16H,6-7,9-11H2,1-5H3/t15-,16-,18-/m0/s1. The highest BCUT2D eigenvalue weighted by atomic mass is 16.6. The minimum atomic E-state index is -0.665. The van der Waals surface area contributed by atoms with Crippen LogP contribution in [0.1, 0.15) is 60.3 Å². The van der Waals surface area contributed by atoms with Gasteiger partial charge in [-0.1, -0.05) is 25.5 Å². The van der Waals surface area contributed by atoms with Crippen molar-refractivity contribution in [2.45, 2.75) is 65.9 Å². The smallest absolute Gasteiger partial charge is 0.303 e. The number of nitro groups is 1. The molecule has 1 fully saturated rings. The number of ether oxygens (including phenoxy) is 1. The lowest BCUT2D eigenvalue weighted by Gasteiger charge is -2.52. The maximum atomic E-state index is 11.3. The van der Waals surface area contributed by atoms with E-state index >= 15 is 0 Å². The van der Waals surface area contributed by atoms with Crippen molar-refractivity contribution in [3.8, 4) is 0 Å². The van der Waals surface area contributed by atoms with E-state index in [0.717, 1.165) is 19.3 Å². The molecule has 0 bridgehead atoms. The highest BCUT2D eigenvalue weighted by molar-refractivity contribution is 5.66. The number of carbonyl (C=O) groups excluding carboxylic acids is 1. The zero-order chi connectivity index (χ0) is 17.4. The second kappa shape index (κ2) is 6.25. The molecular weight excluding hydrogens is 294 g/mol. The van der Waals surface area contributed by atoms with Crippen molar-refractivity contribution in [2.24, 2.45) is 23.2 Å². The van der Waals surface area contributed by atoms with Crippen molar-refractivity contribution in [2.75, 3.05) is 6.54 Å². The zero-order valence-electron chi connectivity index (χ0n) is 14.9. The molecule has 0 aromatic rings. The number of hydrogen-bond acceptors (Lipinski definition) is 4. The molecule has 130 valence electrons. The van der Waals surface area contributed by atoms with Gasteiger partial charge in [-0.3, -0.25) is 14.9 Å². The van der Waals surface area contributed by atoms with Gasteiger partial charge < -0.3 is 4.74 Å². The van der Waals surface area contributed by atoms with Crippen LogP contribution in [0.4, 0.5) is 0 Å². The van der Waals surface area contributed by atoms with Crippen molar-refractivity contribution in [1.82, 2.24) is 0 Å². The third kappa shape index (κ3) is 4.12. The van der Waals surface area contributed by atoms with Crippen LogP contribution in [0.25, 0.3) is 0 Å². The normalized spacial score (nSPS) is 29.7. The highest BCUT2D eigenvalue weighted by Gasteiger charge is 2.59. The second-order valence-electron chi connectivity index (χ2n) is 8.50. The molecule has 2 rings (SSSR count). The Morgan fingerprint density at radius 1 is 1.52 bits per heavy atom. The quantitative estimate of drug-likeness (QED) is 0.307. The molecule has 0 spiro atoms. The SMILES string of the molecule is CC(=O)OC(C)(C)C[C@]1(C[N+](=O)[O-])C[C@@H]2CC(CC(C)C)=C[C@@H]21. The van der Waals surface area contributed by atoms with Crippen LogP contribution in [-0.2, 0) is 9.53 Å². The summed E-state index contributed by atoms with van der Waals surface area (Å²) < 4.78 is 5.41. The molecule has 5 heteroatoms. The molecule has 0 unspecified atom stereocenters. The molecule has 2 aliphatic rings. The molecule has 0 aromatic carbocycles. The Morgan fingerprint density at radius 3 is 2.70 bits per heavy atom. The Morgan fingerprint density at radius 2 is 2.17 bits per heavy atom. The summed E-state index contributed by atoms with van der Waals surface area (Å²) in [7, 11) is 0. The molecule has 0 aliphatic heterocycles. The molecule has 23 heavy (non-hydrogen) atoms. The van der Waals surface area contributed by atoms with E-state index in [1.54, 1.807) is 0 Å². The predicted octanol–water partition coefficient (Wildman–Crippen LogP) is 3.99. The van der Waals surface area contributed by atoms with Gasteiger partial charge in [-0.2, -0.15) is 0 Å². The van der Waals surface area contributed by atoms with E-state index in [2.05, 4.69) is 19.9 Å². The Labute approximate surface area is 138 Å². The van der Waals surface area contributed by atoms with Crippen LogP contribution < -0.4 is 0 Å². The molecular formula is C18H29NO4. The first-order valence-electron chi connectivity index (χ1n) is 8.54. The van der Waals surface area contributed by atoms with E-state index in [0.29, 0.717) is 18.3 Å². The van der Waals surface area contributed by atoms with Crippen LogP contribution in [0.2, 0.25) is 0 Å². The number of allylic oxidation sites excluding steroid dienone is 2. The summed E-state index contributed by atoms with van der Waals surface area (Å²) >= 11 is 0. The molecule has 0 saturated heterocycles. The third-order valence-corrected chi connectivity index (χ3v) is 5.14. The summed E-state index contributed by atoms with van der Waals surface area (Å²) in [5.74, 6) is 1.08. The fraction of sp³-hybridized carbons (Fsp3) is 0.833. The fourth-order valence-corrected chi connectivity index (χ4v) is 4.92. The van der Waals surface area contributed by atoms with E-state index in [4.69, 9.17) is 4.74 Å². The summed E-state index contributed by atoms with van der Waals surface area (Å²) in [4.78, 5) is 22.3. The Hall–Kier alpha value is -1.39. The minimum Gasteiger partial charge on any atom is -0.460 e. The van der Waals surface area contributed by atoms with Crippen LogP contribution in [0.3, 0.4) is 0 Å². The van der Waals surface area contributed by atoms with Crippen LogP contribution in [0.5, 0.6) is 0 Å². The van der Waals surface area contributed by atoms with Crippen LogP contribution in [0, 0.1) is 33.3 Å². The van der Waals surface area contributed by atoms with Crippen molar-refractivity contribution in [3.05, 3.63) is 21.8 Å². The lowest BCUT2D eigenvalue weighted by Crippen LogP contribution is -2.53. The molecule has 0 amide bonds. The number of nitrogens with zero attached hydrogens (tertiary/aromatic N) is 1. The van der Waals surface area contributed by atoms with Gasteiger partial charge in [0.05, 0.1) is 0 Å². The van der Waals surface area contributed by atoms with Crippen LogP contribution >= 0.6 is 0 Å². The van der Waals surface area contributed by atoms with Gasteiger partial charge in [0.15, 0.2) is 0 Å². The molecule has 0 radical (unpaired) electrons. The van der Waals surface area contributed by atoms with Gasteiger partial charge in [-0.25, -0.2) is 0 Å². The fourth-order valence-electron chi connectivity index (χ4n) is 4.92. The van der Waals surface area contributed by atoms with Crippen molar-refractivity contribution in [3.63, 3.8) is 0 Å². The lowest BCUT2D eigenvalue weighted by molar-refractivity contribution is -0.507. The number of fused-ring (bicyclic) bond motifs is 1. The Kier molecular flexibility index (Phi) is 4.88. The van der Waals surface area contributed by atoms with E-state index < -0.39 is 5.60 Å². The van der Waals surface area contributed by atoms with Gasteiger partial charge in [0, 0.05) is 17.3 Å². The van der Waals surface area contributed by atoms with E-state index in [1.165, 1.54) is 12.5 Å². The van der Waals surface area contributed by atoms with Crippen LogP contribution in [-0.4, -0.2) is 23.0 Å². The maximum absolute atomic E-state index is 11.3. The lowest BCUT2D eigenvalue weighted by atomic mass is 9.52. The predicted molar refractivity (Wildman–Crippen MR) is 88.5 cm³/mol. The van der Waals surface area contributed by atoms with Gasteiger partial charge >= 0.3 is 5.97 Å². The number of esters is 1. The first-order valence-corrected chi connectivity index (χ1v) is 8.54. The van der Waals surface area contributed by atoms with Crippen molar-refractivity contribution < 1.29 is 14.5 Å². The van der Waals surface area contributed by atoms with Crippen LogP contribution in [0.15, 0.2) is 11.6 Å². The largest absolute Gasteiger partial charge is 0.460 e. The van der Waals surface area contributed by atoms with E-state index in [9.17, 15) is 14.9 Å². The average molecular weight is 323 g/mol. The molecule has 0 heterocycles. The second-order valence-corrected chi connectivity index (χ2v) is 8.50. The Balaban J connectivity index is 2.17. The van der Waals surface area contributed by atoms with Crippen molar-refractivity contribution >= 4 is 5.97 Å². The topological polar surface area (TPSA) is 69.4 Å². The number of carbonyl (C=O) groups is 1. The highest BCUT2D eigenvalue weighted by Crippen LogP contribution is 2.61. The first kappa shape index (κ1) is 18.0. The van der Waals surface area contributed by atoms with Crippen molar-refractivity contribution in [1.29, 1.82) is 0 Å².